The minimum absolute atomic E-state index is 0.000707. The summed E-state index contributed by atoms with van der Waals surface area (Å²) in [6, 6.07) is 11.3. The number of ether oxygens (including phenoxy) is 2. The van der Waals surface area contributed by atoms with Crippen LogP contribution in [0.25, 0.3) is 0 Å². The van der Waals surface area contributed by atoms with Gasteiger partial charge in [-0.25, -0.2) is 0 Å². The molecular weight excluding hydrogens is 364 g/mol. The van der Waals surface area contributed by atoms with Crippen molar-refractivity contribution in [2.45, 2.75) is 26.4 Å². The van der Waals surface area contributed by atoms with E-state index >= 15 is 0 Å². The van der Waals surface area contributed by atoms with Gasteiger partial charge in [0.15, 0.2) is 5.78 Å². The minimum Gasteiger partial charge on any atom is -0.496 e. The summed E-state index contributed by atoms with van der Waals surface area (Å²) >= 11 is 0. The number of hydrogen-bond acceptors (Lipinski definition) is 7. The van der Waals surface area contributed by atoms with Crippen LogP contribution in [-0.4, -0.2) is 30.3 Å². The molecule has 148 valence electrons. The molecule has 2 aromatic rings. The number of carbonyl (C=O) groups is 2. The first-order chi connectivity index (χ1) is 13.4. The molecule has 0 saturated carbocycles. The first-order valence-electron chi connectivity index (χ1n) is 8.73. The summed E-state index contributed by atoms with van der Waals surface area (Å²) in [7, 11) is 1.50. The van der Waals surface area contributed by atoms with Gasteiger partial charge in [0.05, 0.1) is 12.0 Å². The number of nitro groups is 1. The predicted molar refractivity (Wildman–Crippen MR) is 104 cm³/mol. The van der Waals surface area contributed by atoms with Gasteiger partial charge < -0.3 is 14.8 Å². The summed E-state index contributed by atoms with van der Waals surface area (Å²) in [5.74, 6) is 0.0480. The molecule has 2 aromatic carbocycles. The van der Waals surface area contributed by atoms with E-state index in [4.69, 9.17) is 9.47 Å². The number of anilines is 1. The van der Waals surface area contributed by atoms with Crippen molar-refractivity contribution in [3.63, 3.8) is 0 Å². The highest BCUT2D eigenvalue weighted by Gasteiger charge is 2.13. The standard InChI is InChI=1S/C20H22N2O6/c1-14(23)15-9-10-19(27-2)16(12-15)13-28-20(24)8-5-11-21-17-6-3-4-7-18(17)22(25)26/h3-4,6-7,9-10,12,21H,5,8,11,13H2,1-2H3. The van der Waals surface area contributed by atoms with Gasteiger partial charge in [-0.3, -0.25) is 19.7 Å². The lowest BCUT2D eigenvalue weighted by molar-refractivity contribution is -0.384. The fraction of sp³-hybridized carbons (Fsp3) is 0.300. The molecule has 0 aliphatic carbocycles. The lowest BCUT2D eigenvalue weighted by atomic mass is 10.1. The molecule has 0 aromatic heterocycles. The second-order valence-corrected chi connectivity index (χ2v) is 6.05. The maximum atomic E-state index is 12.0. The van der Waals surface area contributed by atoms with Gasteiger partial charge in [-0.15, -0.1) is 0 Å². The highest BCUT2D eigenvalue weighted by Crippen LogP contribution is 2.23. The molecule has 0 aliphatic heterocycles. The Balaban J connectivity index is 1.82. The van der Waals surface area contributed by atoms with E-state index in [2.05, 4.69) is 5.32 Å². The average Bonchev–Trinajstić information content (AvgIpc) is 2.69. The lowest BCUT2D eigenvalue weighted by Crippen LogP contribution is -2.10. The van der Waals surface area contributed by atoms with Crippen LogP contribution < -0.4 is 10.1 Å². The van der Waals surface area contributed by atoms with Gasteiger partial charge in [0, 0.05) is 30.2 Å². The van der Waals surface area contributed by atoms with E-state index < -0.39 is 10.9 Å². The third kappa shape index (κ3) is 5.80. The highest BCUT2D eigenvalue weighted by molar-refractivity contribution is 5.94. The molecule has 0 saturated heterocycles. The summed E-state index contributed by atoms with van der Waals surface area (Å²) in [5, 5.41) is 13.9. The molecule has 8 nitrogen and oxygen atoms in total. The third-order valence-corrected chi connectivity index (χ3v) is 4.05. The van der Waals surface area contributed by atoms with Crippen molar-refractivity contribution < 1.29 is 24.0 Å². The van der Waals surface area contributed by atoms with Crippen LogP contribution in [0.1, 0.15) is 35.7 Å². The number of rotatable bonds is 10. The largest absolute Gasteiger partial charge is 0.496 e. The Kier molecular flexibility index (Phi) is 7.50. The van der Waals surface area contributed by atoms with Crippen LogP contribution in [0.15, 0.2) is 42.5 Å². The van der Waals surface area contributed by atoms with E-state index in [1.807, 2.05) is 0 Å². The van der Waals surface area contributed by atoms with Crippen LogP contribution in [0.4, 0.5) is 11.4 Å². The predicted octanol–water partition coefficient (Wildman–Crippen LogP) is 3.74. The zero-order valence-electron chi connectivity index (χ0n) is 15.8. The first kappa shape index (κ1) is 20.9. The molecule has 0 atom stereocenters. The number of ketones is 1. The molecule has 0 bridgehead atoms. The van der Waals surface area contributed by atoms with Gasteiger partial charge >= 0.3 is 5.97 Å². The summed E-state index contributed by atoms with van der Waals surface area (Å²) in [5.41, 5.74) is 1.52. The molecule has 2 rings (SSSR count). The van der Waals surface area contributed by atoms with Crippen molar-refractivity contribution >= 4 is 23.1 Å². The van der Waals surface area contributed by atoms with E-state index in [0.717, 1.165) is 0 Å². The van der Waals surface area contributed by atoms with Gasteiger partial charge in [-0.1, -0.05) is 12.1 Å². The van der Waals surface area contributed by atoms with Crippen molar-refractivity contribution in [3.05, 3.63) is 63.7 Å². The zero-order valence-corrected chi connectivity index (χ0v) is 15.8. The molecule has 0 unspecified atom stereocenters. The van der Waals surface area contributed by atoms with Crippen molar-refractivity contribution in [3.8, 4) is 5.75 Å². The Bertz CT molecular complexity index is 866. The summed E-state index contributed by atoms with van der Waals surface area (Å²) < 4.78 is 10.5. The van der Waals surface area contributed by atoms with Gasteiger partial charge in [0.25, 0.3) is 5.69 Å². The smallest absolute Gasteiger partial charge is 0.306 e. The van der Waals surface area contributed by atoms with Crippen molar-refractivity contribution in [2.75, 3.05) is 19.0 Å². The molecule has 1 N–H and O–H groups in total. The second kappa shape index (κ2) is 10.1. The molecule has 0 heterocycles. The van der Waals surface area contributed by atoms with E-state index in [-0.39, 0.29) is 24.5 Å². The average molecular weight is 386 g/mol. The molecule has 8 heteroatoms. The normalized spacial score (nSPS) is 10.2. The molecule has 0 spiro atoms. The summed E-state index contributed by atoms with van der Waals surface area (Å²) in [4.78, 5) is 34.0. The SMILES string of the molecule is COc1ccc(C(C)=O)cc1COC(=O)CCCNc1ccccc1[N+](=O)[O-]. The van der Waals surface area contributed by atoms with Crippen LogP contribution in [0.2, 0.25) is 0 Å². The topological polar surface area (TPSA) is 108 Å². The quantitative estimate of drug-likeness (QED) is 0.218. The number of Topliss-reactive ketones (excluding diaryl/α,β-unsaturated/α-hetero) is 1. The molecule has 0 fully saturated rings. The fourth-order valence-corrected chi connectivity index (χ4v) is 2.58. The number of benzene rings is 2. The minimum atomic E-state index is -0.459. The van der Waals surface area contributed by atoms with Crippen molar-refractivity contribution in [1.82, 2.24) is 0 Å². The number of nitrogens with zero attached hydrogens (tertiary/aromatic N) is 1. The molecule has 0 aliphatic rings. The summed E-state index contributed by atoms with van der Waals surface area (Å²) in [6.45, 7) is 1.85. The third-order valence-electron chi connectivity index (χ3n) is 4.05. The summed E-state index contributed by atoms with van der Waals surface area (Å²) in [6.07, 6.45) is 0.609. The Morgan fingerprint density at radius 2 is 1.93 bits per heavy atom. The number of esters is 1. The second-order valence-electron chi connectivity index (χ2n) is 6.05. The lowest BCUT2D eigenvalue weighted by Gasteiger charge is -2.11. The number of methoxy groups -OCH3 is 1. The van der Waals surface area contributed by atoms with E-state index in [9.17, 15) is 19.7 Å². The van der Waals surface area contributed by atoms with E-state index in [1.165, 1.54) is 20.1 Å². The zero-order chi connectivity index (χ0) is 20.5. The van der Waals surface area contributed by atoms with Gasteiger partial charge in [-0.05, 0) is 37.6 Å². The molecule has 28 heavy (non-hydrogen) atoms. The fourth-order valence-electron chi connectivity index (χ4n) is 2.58. The van der Waals surface area contributed by atoms with E-state index in [1.54, 1.807) is 36.4 Å². The molecule has 0 amide bonds. The maximum absolute atomic E-state index is 12.0. The Morgan fingerprint density at radius 1 is 1.18 bits per heavy atom. The van der Waals surface area contributed by atoms with Crippen LogP contribution >= 0.6 is 0 Å². The Morgan fingerprint density at radius 3 is 2.61 bits per heavy atom. The Hall–Kier alpha value is -3.42. The van der Waals surface area contributed by atoms with Crippen LogP contribution in [0, 0.1) is 10.1 Å². The van der Waals surface area contributed by atoms with Gasteiger partial charge in [0.1, 0.15) is 18.0 Å². The molecular formula is C20H22N2O6. The van der Waals surface area contributed by atoms with Crippen LogP contribution in [0.3, 0.4) is 0 Å². The maximum Gasteiger partial charge on any atom is 0.306 e. The van der Waals surface area contributed by atoms with Crippen molar-refractivity contribution in [2.24, 2.45) is 0 Å². The number of carbonyl (C=O) groups excluding carboxylic acids is 2. The number of hydrogen-bond donors (Lipinski definition) is 1. The number of nitrogens with one attached hydrogen (secondary N) is 1. The first-order valence-corrected chi connectivity index (χ1v) is 8.73. The van der Waals surface area contributed by atoms with Crippen molar-refractivity contribution in [1.29, 1.82) is 0 Å². The van der Waals surface area contributed by atoms with Crippen LogP contribution in [0.5, 0.6) is 5.75 Å². The Labute approximate surface area is 162 Å². The van der Waals surface area contributed by atoms with Crippen LogP contribution in [-0.2, 0) is 16.1 Å². The number of nitro benzene ring substituents is 1. The number of para-hydroxylation sites is 2. The highest BCUT2D eigenvalue weighted by atomic mass is 16.6. The molecule has 0 radical (unpaired) electrons. The van der Waals surface area contributed by atoms with Gasteiger partial charge in [-0.2, -0.15) is 0 Å². The van der Waals surface area contributed by atoms with E-state index in [0.29, 0.717) is 35.5 Å². The monoisotopic (exact) mass is 386 g/mol. The van der Waals surface area contributed by atoms with Gasteiger partial charge in [0.2, 0.25) is 0 Å².